The molecule has 0 saturated carbocycles. The van der Waals surface area contributed by atoms with E-state index in [1.807, 2.05) is 19.1 Å². The zero-order valence-corrected chi connectivity index (χ0v) is 16.1. The van der Waals surface area contributed by atoms with Gasteiger partial charge in [0.05, 0.1) is 6.61 Å². The van der Waals surface area contributed by atoms with E-state index in [2.05, 4.69) is 6.92 Å². The van der Waals surface area contributed by atoms with E-state index in [-0.39, 0.29) is 16.9 Å². The van der Waals surface area contributed by atoms with Crippen LogP contribution in [0, 0.1) is 24.4 Å². The third-order valence-corrected chi connectivity index (χ3v) is 5.39. The van der Waals surface area contributed by atoms with Gasteiger partial charge in [-0.05, 0) is 49.2 Å². The summed E-state index contributed by atoms with van der Waals surface area (Å²) in [6.45, 7) is 4.35. The molecule has 0 atom stereocenters. The lowest BCUT2D eigenvalue weighted by Gasteiger charge is -2.11. The third-order valence-electron chi connectivity index (χ3n) is 4.34. The fourth-order valence-corrected chi connectivity index (χ4v) is 3.73. The Morgan fingerprint density at radius 2 is 1.67 bits per heavy atom. The molecular weight excluding hydrogens is 369 g/mol. The Labute approximate surface area is 161 Å². The largest absolute Gasteiger partial charge is 0.490 e. The quantitative estimate of drug-likeness (QED) is 0.383. The molecular formula is C22H21F3OS. The van der Waals surface area contributed by atoms with Crippen molar-refractivity contribution in [1.82, 2.24) is 0 Å². The first kappa shape index (κ1) is 19.5. The average Bonchev–Trinajstić information content (AvgIpc) is 3.09. The minimum absolute atomic E-state index is 0.0287. The van der Waals surface area contributed by atoms with E-state index in [1.54, 1.807) is 17.4 Å². The van der Waals surface area contributed by atoms with Crippen molar-refractivity contribution < 1.29 is 17.9 Å². The first-order valence-electron chi connectivity index (χ1n) is 8.98. The highest BCUT2D eigenvalue weighted by Gasteiger charge is 2.18. The molecule has 3 rings (SSSR count). The van der Waals surface area contributed by atoms with Crippen LogP contribution in [0.3, 0.4) is 0 Å². The first-order valence-corrected chi connectivity index (χ1v) is 9.80. The number of aryl methyl sites for hydroxylation is 1. The summed E-state index contributed by atoms with van der Waals surface area (Å²) in [5.41, 5.74) is 0.631. The number of benzene rings is 2. The monoisotopic (exact) mass is 390 g/mol. The van der Waals surface area contributed by atoms with Gasteiger partial charge in [0.15, 0.2) is 11.6 Å². The summed E-state index contributed by atoms with van der Waals surface area (Å²) in [7, 11) is 0. The van der Waals surface area contributed by atoms with Gasteiger partial charge in [0.1, 0.15) is 5.82 Å². The van der Waals surface area contributed by atoms with Crippen LogP contribution in [0.25, 0.3) is 21.6 Å². The normalized spacial score (nSPS) is 11.0. The van der Waals surface area contributed by atoms with Gasteiger partial charge in [-0.2, -0.15) is 4.39 Å². The maximum Gasteiger partial charge on any atom is 0.201 e. The van der Waals surface area contributed by atoms with Gasteiger partial charge in [-0.25, -0.2) is 8.78 Å². The van der Waals surface area contributed by atoms with E-state index in [1.165, 1.54) is 24.3 Å². The summed E-state index contributed by atoms with van der Waals surface area (Å²) in [4.78, 5) is 2.05. The molecule has 0 aliphatic heterocycles. The van der Waals surface area contributed by atoms with Gasteiger partial charge in [0.25, 0.3) is 0 Å². The van der Waals surface area contributed by atoms with Gasteiger partial charge in [0, 0.05) is 20.9 Å². The second-order valence-electron chi connectivity index (χ2n) is 6.40. The Balaban J connectivity index is 1.86. The number of hydrogen-bond donors (Lipinski definition) is 0. The van der Waals surface area contributed by atoms with Crippen molar-refractivity contribution in [3.63, 3.8) is 0 Å². The van der Waals surface area contributed by atoms with E-state index < -0.39 is 17.5 Å². The van der Waals surface area contributed by atoms with Gasteiger partial charge in [0.2, 0.25) is 5.82 Å². The van der Waals surface area contributed by atoms with E-state index in [0.717, 1.165) is 29.0 Å². The topological polar surface area (TPSA) is 9.23 Å². The number of hydrogen-bond acceptors (Lipinski definition) is 2. The fourth-order valence-electron chi connectivity index (χ4n) is 2.86. The number of unbranched alkanes of at least 4 members (excludes halogenated alkanes) is 2. The Kier molecular flexibility index (Phi) is 6.22. The molecule has 0 spiro atoms. The Morgan fingerprint density at radius 1 is 0.889 bits per heavy atom. The molecule has 1 heterocycles. The maximum absolute atomic E-state index is 14.6. The molecule has 0 amide bonds. The van der Waals surface area contributed by atoms with Crippen LogP contribution in [0.4, 0.5) is 13.2 Å². The van der Waals surface area contributed by atoms with E-state index in [0.29, 0.717) is 12.2 Å². The minimum Gasteiger partial charge on any atom is -0.490 e. The van der Waals surface area contributed by atoms with Crippen LogP contribution < -0.4 is 4.74 Å². The van der Waals surface area contributed by atoms with Crippen molar-refractivity contribution in [2.24, 2.45) is 0 Å². The molecule has 0 radical (unpaired) electrons. The summed E-state index contributed by atoms with van der Waals surface area (Å²) in [6.07, 6.45) is 2.75. The van der Waals surface area contributed by atoms with E-state index in [4.69, 9.17) is 4.74 Å². The number of rotatable bonds is 7. The van der Waals surface area contributed by atoms with Gasteiger partial charge < -0.3 is 4.74 Å². The summed E-state index contributed by atoms with van der Waals surface area (Å²) in [5, 5.41) is 0. The summed E-state index contributed by atoms with van der Waals surface area (Å²) in [6, 6.07) is 11.2. The molecule has 1 aromatic heterocycles. The van der Waals surface area contributed by atoms with Crippen LogP contribution in [0.5, 0.6) is 5.75 Å². The van der Waals surface area contributed by atoms with Gasteiger partial charge in [-0.3, -0.25) is 0 Å². The molecule has 5 heteroatoms. The van der Waals surface area contributed by atoms with Crippen LogP contribution in [0.2, 0.25) is 0 Å². The summed E-state index contributed by atoms with van der Waals surface area (Å²) >= 11 is 1.55. The molecule has 0 aliphatic rings. The second kappa shape index (κ2) is 8.61. The van der Waals surface area contributed by atoms with Gasteiger partial charge in [-0.15, -0.1) is 11.3 Å². The SMILES string of the molecule is CCCCCOc1ccc(-c2ccc(-c3ccc(C)s3)cc2F)c(F)c1F. The lowest BCUT2D eigenvalue weighted by molar-refractivity contribution is 0.286. The lowest BCUT2D eigenvalue weighted by Crippen LogP contribution is -2.02. The van der Waals surface area contributed by atoms with Crippen LogP contribution in [0.1, 0.15) is 31.1 Å². The van der Waals surface area contributed by atoms with Gasteiger partial charge in [-0.1, -0.05) is 31.9 Å². The van der Waals surface area contributed by atoms with Crippen molar-refractivity contribution in [3.8, 4) is 27.3 Å². The Bertz CT molecular complexity index is 933. The standard InChI is InChI=1S/C22H21F3OS/c1-3-4-5-12-26-19-10-9-17(21(24)22(19)25)16-8-7-15(13-18(16)23)20-11-6-14(2)27-20/h6-11,13H,3-5,12H2,1-2H3. The molecule has 0 aliphatic carbocycles. The van der Waals surface area contributed by atoms with Crippen molar-refractivity contribution >= 4 is 11.3 Å². The molecule has 1 nitrogen and oxygen atoms in total. The van der Waals surface area contributed by atoms with E-state index in [9.17, 15) is 13.2 Å². The van der Waals surface area contributed by atoms with Crippen LogP contribution in [0.15, 0.2) is 42.5 Å². The van der Waals surface area contributed by atoms with Crippen molar-refractivity contribution in [3.05, 3.63) is 64.8 Å². The van der Waals surface area contributed by atoms with Crippen molar-refractivity contribution in [2.45, 2.75) is 33.1 Å². The highest BCUT2D eigenvalue weighted by Crippen LogP contribution is 2.35. The molecule has 142 valence electrons. The molecule has 27 heavy (non-hydrogen) atoms. The molecule has 0 unspecified atom stereocenters. The summed E-state index contributed by atoms with van der Waals surface area (Å²) < 4.78 is 48.8. The molecule has 3 aromatic rings. The molecule has 0 N–H and O–H groups in total. The molecule has 0 saturated heterocycles. The Hall–Kier alpha value is -2.27. The number of ether oxygens (including phenoxy) is 1. The highest BCUT2D eigenvalue weighted by atomic mass is 32.1. The van der Waals surface area contributed by atoms with Crippen LogP contribution >= 0.6 is 11.3 Å². The maximum atomic E-state index is 14.6. The molecule has 0 fully saturated rings. The average molecular weight is 390 g/mol. The Morgan fingerprint density at radius 3 is 2.33 bits per heavy atom. The van der Waals surface area contributed by atoms with Crippen molar-refractivity contribution in [1.29, 1.82) is 0 Å². The third kappa shape index (κ3) is 4.35. The van der Waals surface area contributed by atoms with E-state index >= 15 is 0 Å². The van der Waals surface area contributed by atoms with Crippen LogP contribution in [-0.4, -0.2) is 6.61 Å². The molecule has 2 aromatic carbocycles. The van der Waals surface area contributed by atoms with Crippen LogP contribution in [-0.2, 0) is 0 Å². The number of thiophene rings is 1. The fraction of sp³-hybridized carbons (Fsp3) is 0.273. The zero-order valence-electron chi connectivity index (χ0n) is 15.3. The number of halogens is 3. The smallest absolute Gasteiger partial charge is 0.201 e. The molecule has 0 bridgehead atoms. The lowest BCUT2D eigenvalue weighted by atomic mass is 10.0. The predicted molar refractivity (Wildman–Crippen MR) is 105 cm³/mol. The second-order valence-corrected chi connectivity index (χ2v) is 7.69. The first-order chi connectivity index (χ1) is 13.0. The van der Waals surface area contributed by atoms with Crippen molar-refractivity contribution in [2.75, 3.05) is 6.61 Å². The zero-order chi connectivity index (χ0) is 19.4. The summed E-state index contributed by atoms with van der Waals surface area (Å²) in [5.74, 6) is -2.91. The highest BCUT2D eigenvalue weighted by molar-refractivity contribution is 7.15. The predicted octanol–water partition coefficient (Wildman–Crippen LogP) is 7.38. The minimum atomic E-state index is -1.10. The van der Waals surface area contributed by atoms with Gasteiger partial charge >= 0.3 is 0 Å².